The van der Waals surface area contributed by atoms with E-state index in [1.807, 2.05) is 0 Å². The van der Waals surface area contributed by atoms with Crippen LogP contribution in [-0.2, 0) is 26.2 Å². The number of hydrogen-bond acceptors (Lipinski definition) is 6. The Labute approximate surface area is 173 Å². The summed E-state index contributed by atoms with van der Waals surface area (Å²) in [5.41, 5.74) is 1.15. The van der Waals surface area contributed by atoms with Crippen molar-refractivity contribution in [2.75, 3.05) is 36.8 Å². The zero-order chi connectivity index (χ0) is 21.6. The van der Waals surface area contributed by atoms with E-state index in [9.17, 15) is 27.2 Å². The van der Waals surface area contributed by atoms with Gasteiger partial charge in [-0.15, -0.1) is 0 Å². The highest BCUT2D eigenvalue weighted by atomic mass is 32.2. The van der Waals surface area contributed by atoms with Gasteiger partial charge in [0, 0.05) is 44.7 Å². The quantitative estimate of drug-likeness (QED) is 0.667. The van der Waals surface area contributed by atoms with Gasteiger partial charge in [0.25, 0.3) is 5.91 Å². The van der Waals surface area contributed by atoms with Gasteiger partial charge in [-0.05, 0) is 31.0 Å². The van der Waals surface area contributed by atoms with Crippen LogP contribution in [0.3, 0.4) is 0 Å². The number of hydrogen-bond donors (Lipinski definition) is 1. The summed E-state index contributed by atoms with van der Waals surface area (Å²) in [5.74, 6) is -1.83. The fourth-order valence-electron chi connectivity index (χ4n) is 4.21. The lowest BCUT2D eigenvalue weighted by Crippen LogP contribution is -2.52. The number of imide groups is 1. The zero-order valence-electron chi connectivity index (χ0n) is 16.6. The Morgan fingerprint density at radius 1 is 1.13 bits per heavy atom. The van der Waals surface area contributed by atoms with Crippen molar-refractivity contribution in [1.29, 1.82) is 0 Å². The molecule has 3 amide bonds. The summed E-state index contributed by atoms with van der Waals surface area (Å²) >= 11 is 0. The average Bonchev–Trinajstić information content (AvgIpc) is 3.03. The molecule has 30 heavy (non-hydrogen) atoms. The second kappa shape index (κ2) is 7.62. The summed E-state index contributed by atoms with van der Waals surface area (Å²) in [6.07, 6.45) is 0.398. The first-order valence-electron chi connectivity index (χ1n) is 9.91. The molecule has 0 saturated carbocycles. The number of sulfonamides is 1. The molecule has 4 rings (SSSR count). The van der Waals surface area contributed by atoms with Crippen molar-refractivity contribution in [3.05, 3.63) is 29.1 Å². The summed E-state index contributed by atoms with van der Waals surface area (Å²) in [4.78, 5) is 39.4. The van der Waals surface area contributed by atoms with Gasteiger partial charge in [-0.2, -0.15) is 4.31 Å². The molecule has 3 aliphatic rings. The molecular weight excluding hydrogens is 415 g/mol. The van der Waals surface area contributed by atoms with E-state index < -0.39 is 33.7 Å². The van der Waals surface area contributed by atoms with Gasteiger partial charge in [0.15, 0.2) is 0 Å². The molecule has 0 spiro atoms. The van der Waals surface area contributed by atoms with Crippen LogP contribution in [0.15, 0.2) is 12.1 Å². The van der Waals surface area contributed by atoms with Crippen LogP contribution in [0.1, 0.15) is 35.7 Å². The summed E-state index contributed by atoms with van der Waals surface area (Å²) in [7, 11) is -3.28. The molecule has 2 saturated heterocycles. The van der Waals surface area contributed by atoms with Gasteiger partial charge in [-0.1, -0.05) is 0 Å². The van der Waals surface area contributed by atoms with Crippen LogP contribution in [0.2, 0.25) is 0 Å². The molecule has 3 aliphatic heterocycles. The van der Waals surface area contributed by atoms with E-state index in [2.05, 4.69) is 5.32 Å². The van der Waals surface area contributed by atoms with Crippen molar-refractivity contribution in [1.82, 2.24) is 14.5 Å². The number of rotatable bonds is 4. The monoisotopic (exact) mass is 438 g/mol. The molecule has 0 aliphatic carbocycles. The molecular formula is C19H23FN4O5S. The zero-order valence-corrected chi connectivity index (χ0v) is 17.4. The number of halogens is 1. The first kappa shape index (κ1) is 20.7. The van der Waals surface area contributed by atoms with Crippen LogP contribution in [0.5, 0.6) is 0 Å². The maximum atomic E-state index is 14.8. The highest BCUT2D eigenvalue weighted by molar-refractivity contribution is 7.89. The van der Waals surface area contributed by atoms with Gasteiger partial charge in [0.2, 0.25) is 21.8 Å². The number of fused-ring (bicyclic) bond motifs is 1. The van der Waals surface area contributed by atoms with Crippen molar-refractivity contribution in [2.24, 2.45) is 0 Å². The largest absolute Gasteiger partial charge is 0.367 e. The maximum Gasteiger partial charge on any atom is 0.255 e. The first-order chi connectivity index (χ1) is 14.2. The topological polar surface area (TPSA) is 107 Å². The summed E-state index contributed by atoms with van der Waals surface area (Å²) < 4.78 is 40.3. The Balaban J connectivity index is 1.52. The Bertz CT molecular complexity index is 1020. The number of nitrogens with zero attached hydrogens (tertiary/aromatic N) is 3. The molecule has 1 atom stereocenters. The van der Waals surface area contributed by atoms with Gasteiger partial charge in [0.1, 0.15) is 11.9 Å². The molecule has 1 N–H and O–H groups in total. The minimum Gasteiger partial charge on any atom is -0.367 e. The van der Waals surface area contributed by atoms with Gasteiger partial charge in [0.05, 0.1) is 11.4 Å². The third kappa shape index (κ3) is 3.56. The molecule has 1 aromatic rings. The van der Waals surface area contributed by atoms with Crippen molar-refractivity contribution < 1.29 is 27.2 Å². The number of benzene rings is 1. The molecule has 2 fully saturated rings. The van der Waals surface area contributed by atoms with E-state index in [4.69, 9.17) is 0 Å². The summed E-state index contributed by atoms with van der Waals surface area (Å²) in [6.45, 7) is 2.99. The molecule has 162 valence electrons. The lowest BCUT2D eigenvalue weighted by Gasteiger charge is -2.35. The number of nitrogens with one attached hydrogen (secondary N) is 1. The average molecular weight is 438 g/mol. The van der Waals surface area contributed by atoms with E-state index in [1.54, 1.807) is 17.9 Å². The highest BCUT2D eigenvalue weighted by Crippen LogP contribution is 2.33. The fourth-order valence-corrected chi connectivity index (χ4v) is 5.29. The first-order valence-corrected chi connectivity index (χ1v) is 11.5. The lowest BCUT2D eigenvalue weighted by molar-refractivity contribution is -0.136. The second-order valence-electron chi connectivity index (χ2n) is 7.65. The van der Waals surface area contributed by atoms with Gasteiger partial charge >= 0.3 is 0 Å². The van der Waals surface area contributed by atoms with Crippen LogP contribution >= 0.6 is 0 Å². The number of piperazine rings is 1. The molecule has 1 aromatic carbocycles. The van der Waals surface area contributed by atoms with E-state index in [1.165, 1.54) is 15.3 Å². The van der Waals surface area contributed by atoms with Crippen molar-refractivity contribution >= 4 is 33.4 Å². The minimum absolute atomic E-state index is 0.0263. The van der Waals surface area contributed by atoms with Crippen LogP contribution < -0.4 is 10.2 Å². The maximum absolute atomic E-state index is 14.8. The van der Waals surface area contributed by atoms with Gasteiger partial charge < -0.3 is 9.80 Å². The van der Waals surface area contributed by atoms with Crippen LogP contribution in [0.25, 0.3) is 0 Å². The fraction of sp³-hybridized carbons (Fsp3) is 0.526. The predicted octanol–water partition coefficient (Wildman–Crippen LogP) is 0.0584. The highest BCUT2D eigenvalue weighted by Gasteiger charge is 2.40. The smallest absolute Gasteiger partial charge is 0.255 e. The Hall–Kier alpha value is -2.53. The van der Waals surface area contributed by atoms with E-state index in [0.29, 0.717) is 24.3 Å². The third-order valence-corrected chi connectivity index (χ3v) is 7.81. The van der Waals surface area contributed by atoms with Crippen LogP contribution in [0.4, 0.5) is 10.1 Å². The van der Waals surface area contributed by atoms with Crippen molar-refractivity contribution in [2.45, 2.75) is 32.4 Å². The Morgan fingerprint density at radius 3 is 2.47 bits per heavy atom. The van der Waals surface area contributed by atoms with E-state index >= 15 is 0 Å². The number of anilines is 1. The Kier molecular flexibility index (Phi) is 5.27. The van der Waals surface area contributed by atoms with Crippen LogP contribution in [0, 0.1) is 5.82 Å². The van der Waals surface area contributed by atoms with Gasteiger partial charge in [-0.3, -0.25) is 19.7 Å². The SMILES string of the molecule is CCS(=O)(=O)N1CCN(c2cc3c(cc2F)C(=O)N(C2CCC(=O)NC2=O)C3)CC1. The normalized spacial score (nSPS) is 23.0. The van der Waals surface area contributed by atoms with E-state index in [-0.39, 0.29) is 49.7 Å². The predicted molar refractivity (Wildman–Crippen MR) is 106 cm³/mol. The summed E-state index contributed by atoms with van der Waals surface area (Å²) in [6, 6.07) is 2.05. The Morgan fingerprint density at radius 2 is 1.83 bits per heavy atom. The van der Waals surface area contributed by atoms with Crippen molar-refractivity contribution in [3.8, 4) is 0 Å². The second-order valence-corrected chi connectivity index (χ2v) is 9.90. The molecule has 1 unspecified atom stereocenters. The summed E-state index contributed by atoms with van der Waals surface area (Å²) in [5, 5.41) is 2.24. The number of carbonyl (C=O) groups excluding carboxylic acids is 3. The van der Waals surface area contributed by atoms with Gasteiger partial charge in [-0.25, -0.2) is 12.8 Å². The number of carbonyl (C=O) groups is 3. The standard InChI is InChI=1S/C19H23FN4O5S/c1-2-30(28,29)23-7-5-22(6-8-23)16-9-12-11-24(19(27)13(12)10-14(16)20)15-3-4-17(25)21-18(15)26/h9-10,15H,2-8,11H2,1H3,(H,21,25,26). The number of piperidine rings is 1. The minimum atomic E-state index is -3.28. The number of amides is 3. The molecule has 0 bridgehead atoms. The molecule has 3 heterocycles. The molecule has 0 aromatic heterocycles. The molecule has 0 radical (unpaired) electrons. The molecule has 9 nitrogen and oxygen atoms in total. The third-order valence-electron chi connectivity index (χ3n) is 5.93. The van der Waals surface area contributed by atoms with Crippen LogP contribution in [-0.4, -0.2) is 73.3 Å². The lowest BCUT2D eigenvalue weighted by atomic mass is 10.0. The molecule has 11 heteroatoms. The van der Waals surface area contributed by atoms with Crippen molar-refractivity contribution in [3.63, 3.8) is 0 Å². The van der Waals surface area contributed by atoms with E-state index in [0.717, 1.165) is 0 Å².